The summed E-state index contributed by atoms with van der Waals surface area (Å²) in [5.74, 6) is 0.464. The van der Waals surface area contributed by atoms with E-state index in [1.165, 1.54) is 0 Å². The molecule has 0 rings (SSSR count). The molecule has 14 heavy (non-hydrogen) atoms. The van der Waals surface area contributed by atoms with Gasteiger partial charge >= 0.3 is 0 Å². The molecule has 0 fully saturated rings. The highest BCUT2D eigenvalue weighted by Crippen LogP contribution is 2.17. The fourth-order valence-corrected chi connectivity index (χ4v) is 1.90. The number of unbranched alkanes of at least 4 members (excludes halogenated alkanes) is 1. The predicted molar refractivity (Wildman–Crippen MR) is 55.7 cm³/mol. The molecule has 0 aromatic heterocycles. The van der Waals surface area contributed by atoms with Crippen LogP contribution in [0.1, 0.15) is 33.1 Å². The highest BCUT2D eigenvalue weighted by atomic mass is 32.2. The van der Waals surface area contributed by atoms with Crippen molar-refractivity contribution in [1.82, 2.24) is 0 Å². The molecule has 4 nitrogen and oxygen atoms in total. The van der Waals surface area contributed by atoms with Gasteiger partial charge in [-0.25, -0.2) is 0 Å². The first-order chi connectivity index (χ1) is 6.37. The quantitative estimate of drug-likeness (QED) is 0.505. The van der Waals surface area contributed by atoms with Gasteiger partial charge in [0.25, 0.3) is 10.1 Å². The standard InChI is InChI=1S/C9H20O4S/c1-8(2)9(7-10)5-3-4-6-14(11,12)13/h8-10H,3-7H2,1-2H3,(H,11,12,13)/t9-/m1/s1. The first-order valence-electron chi connectivity index (χ1n) is 4.93. The number of aliphatic hydroxyl groups excluding tert-OH is 1. The number of rotatable bonds is 7. The summed E-state index contributed by atoms with van der Waals surface area (Å²) in [6.07, 6.45) is 1.99. The van der Waals surface area contributed by atoms with Crippen LogP contribution in [0.5, 0.6) is 0 Å². The molecular weight excluding hydrogens is 204 g/mol. The average molecular weight is 224 g/mol. The molecule has 0 unspecified atom stereocenters. The molecule has 0 heterocycles. The summed E-state index contributed by atoms with van der Waals surface area (Å²) in [6.45, 7) is 4.21. The fourth-order valence-electron chi connectivity index (χ4n) is 1.33. The third kappa shape index (κ3) is 7.29. The predicted octanol–water partition coefficient (Wildman–Crippen LogP) is 1.31. The molecule has 0 aliphatic heterocycles. The zero-order valence-electron chi connectivity index (χ0n) is 8.81. The second kappa shape index (κ2) is 6.37. The average Bonchev–Trinajstić information content (AvgIpc) is 2.01. The number of hydrogen-bond acceptors (Lipinski definition) is 3. The Hall–Kier alpha value is -0.130. The van der Waals surface area contributed by atoms with Gasteiger partial charge in [0.15, 0.2) is 0 Å². The van der Waals surface area contributed by atoms with Crippen molar-refractivity contribution in [2.45, 2.75) is 33.1 Å². The minimum atomic E-state index is -3.81. The highest BCUT2D eigenvalue weighted by Gasteiger charge is 2.12. The molecule has 0 amide bonds. The maximum atomic E-state index is 10.4. The number of hydrogen-bond donors (Lipinski definition) is 2. The maximum absolute atomic E-state index is 10.4. The lowest BCUT2D eigenvalue weighted by Gasteiger charge is -2.17. The van der Waals surface area contributed by atoms with E-state index in [0.29, 0.717) is 12.3 Å². The van der Waals surface area contributed by atoms with E-state index >= 15 is 0 Å². The van der Waals surface area contributed by atoms with Crippen molar-refractivity contribution in [2.75, 3.05) is 12.4 Å². The highest BCUT2D eigenvalue weighted by molar-refractivity contribution is 7.85. The van der Waals surface area contributed by atoms with Crippen LogP contribution in [0.4, 0.5) is 0 Å². The van der Waals surface area contributed by atoms with Crippen LogP contribution in [0.2, 0.25) is 0 Å². The summed E-state index contributed by atoms with van der Waals surface area (Å²) in [6, 6.07) is 0. The van der Waals surface area contributed by atoms with E-state index in [9.17, 15) is 8.42 Å². The molecule has 1 atom stereocenters. The van der Waals surface area contributed by atoms with Crippen molar-refractivity contribution in [3.8, 4) is 0 Å². The molecule has 0 saturated heterocycles. The summed E-state index contributed by atoms with van der Waals surface area (Å²) >= 11 is 0. The number of aliphatic hydroxyl groups is 1. The first-order valence-corrected chi connectivity index (χ1v) is 6.53. The molecule has 2 N–H and O–H groups in total. The molecule has 0 spiro atoms. The second-order valence-electron chi connectivity index (χ2n) is 3.97. The Kier molecular flexibility index (Phi) is 6.31. The van der Waals surface area contributed by atoms with Crippen LogP contribution in [0.25, 0.3) is 0 Å². The Bertz CT molecular complexity index is 233. The van der Waals surface area contributed by atoms with Crippen molar-refractivity contribution in [2.24, 2.45) is 11.8 Å². The first kappa shape index (κ1) is 13.9. The summed E-state index contributed by atoms with van der Waals surface area (Å²) in [5.41, 5.74) is 0. The second-order valence-corrected chi connectivity index (χ2v) is 5.54. The van der Waals surface area contributed by atoms with Crippen LogP contribution in [0.3, 0.4) is 0 Å². The van der Waals surface area contributed by atoms with Gasteiger partial charge in [-0.05, 0) is 24.7 Å². The monoisotopic (exact) mass is 224 g/mol. The van der Waals surface area contributed by atoms with E-state index in [-0.39, 0.29) is 18.3 Å². The molecule has 5 heteroatoms. The van der Waals surface area contributed by atoms with Crippen LogP contribution < -0.4 is 0 Å². The zero-order valence-corrected chi connectivity index (χ0v) is 9.63. The van der Waals surface area contributed by atoms with Gasteiger partial charge in [-0.15, -0.1) is 0 Å². The van der Waals surface area contributed by atoms with Crippen LogP contribution in [0.15, 0.2) is 0 Å². The van der Waals surface area contributed by atoms with E-state index in [0.717, 1.165) is 12.8 Å². The Morgan fingerprint density at radius 3 is 2.14 bits per heavy atom. The zero-order chi connectivity index (χ0) is 11.2. The third-order valence-electron chi connectivity index (χ3n) is 2.40. The van der Waals surface area contributed by atoms with Gasteiger partial charge in [0.2, 0.25) is 0 Å². The molecule has 86 valence electrons. The van der Waals surface area contributed by atoms with Gasteiger partial charge in [0, 0.05) is 6.61 Å². The van der Waals surface area contributed by atoms with E-state index in [4.69, 9.17) is 9.66 Å². The smallest absolute Gasteiger partial charge is 0.264 e. The van der Waals surface area contributed by atoms with Gasteiger partial charge in [-0.2, -0.15) is 8.42 Å². The Labute approximate surface area is 86.1 Å². The summed E-state index contributed by atoms with van der Waals surface area (Å²) in [5, 5.41) is 8.99. The SMILES string of the molecule is CC(C)[C@@H](CO)CCCCS(=O)(=O)O. The Balaban J connectivity index is 3.63. The third-order valence-corrected chi connectivity index (χ3v) is 3.21. The van der Waals surface area contributed by atoms with E-state index in [1.54, 1.807) is 0 Å². The maximum Gasteiger partial charge on any atom is 0.264 e. The van der Waals surface area contributed by atoms with Crippen LogP contribution in [-0.2, 0) is 10.1 Å². The molecular formula is C9H20O4S. The van der Waals surface area contributed by atoms with Crippen LogP contribution >= 0.6 is 0 Å². The summed E-state index contributed by atoms with van der Waals surface area (Å²) in [4.78, 5) is 0. The Morgan fingerprint density at radius 1 is 1.21 bits per heavy atom. The fraction of sp³-hybridized carbons (Fsp3) is 1.00. The molecule has 0 aliphatic rings. The molecule has 0 bridgehead atoms. The van der Waals surface area contributed by atoms with Gasteiger partial charge in [0.05, 0.1) is 5.75 Å². The lowest BCUT2D eigenvalue weighted by molar-refractivity contribution is 0.179. The van der Waals surface area contributed by atoms with Crippen molar-refractivity contribution in [3.63, 3.8) is 0 Å². The van der Waals surface area contributed by atoms with E-state index < -0.39 is 10.1 Å². The largest absolute Gasteiger partial charge is 0.396 e. The summed E-state index contributed by atoms with van der Waals surface area (Å²) in [7, 11) is -3.81. The van der Waals surface area contributed by atoms with Crippen LogP contribution in [-0.4, -0.2) is 30.4 Å². The van der Waals surface area contributed by atoms with Crippen molar-refractivity contribution < 1.29 is 18.1 Å². The minimum absolute atomic E-state index is 0.142. The van der Waals surface area contributed by atoms with E-state index in [1.807, 2.05) is 13.8 Å². The molecule has 0 aromatic carbocycles. The van der Waals surface area contributed by atoms with Gasteiger partial charge < -0.3 is 5.11 Å². The van der Waals surface area contributed by atoms with Gasteiger partial charge in [-0.3, -0.25) is 4.55 Å². The molecule has 0 radical (unpaired) electrons. The van der Waals surface area contributed by atoms with Crippen LogP contribution in [0, 0.1) is 11.8 Å². The van der Waals surface area contributed by atoms with Gasteiger partial charge in [-0.1, -0.05) is 20.3 Å². The van der Waals surface area contributed by atoms with Crippen molar-refractivity contribution >= 4 is 10.1 Å². The lowest BCUT2D eigenvalue weighted by Crippen LogP contribution is -2.14. The topological polar surface area (TPSA) is 74.6 Å². The molecule has 0 aliphatic carbocycles. The molecule has 0 aromatic rings. The van der Waals surface area contributed by atoms with Gasteiger partial charge in [0.1, 0.15) is 0 Å². The van der Waals surface area contributed by atoms with Crippen molar-refractivity contribution in [1.29, 1.82) is 0 Å². The normalized spacial score (nSPS) is 14.6. The molecule has 0 saturated carbocycles. The minimum Gasteiger partial charge on any atom is -0.396 e. The summed E-state index contributed by atoms with van der Waals surface area (Å²) < 4.78 is 29.2. The van der Waals surface area contributed by atoms with E-state index in [2.05, 4.69) is 0 Å². The lowest BCUT2D eigenvalue weighted by atomic mass is 9.92. The van der Waals surface area contributed by atoms with Crippen molar-refractivity contribution in [3.05, 3.63) is 0 Å². The Morgan fingerprint density at radius 2 is 1.79 bits per heavy atom.